The number of nitrogens with one attached hydrogen (secondary N) is 2. The molecule has 1 heterocycles. The van der Waals surface area contributed by atoms with Crippen LogP contribution in [0.5, 0.6) is 0 Å². The predicted octanol–water partition coefficient (Wildman–Crippen LogP) is 0.515. The Morgan fingerprint density at radius 2 is 2.26 bits per heavy atom. The first-order valence-electron chi connectivity index (χ1n) is 6.21. The number of urea groups is 1. The highest BCUT2D eigenvalue weighted by Crippen LogP contribution is 1.96. The highest BCUT2D eigenvalue weighted by Gasteiger charge is 2.08. The van der Waals surface area contributed by atoms with Gasteiger partial charge in [-0.05, 0) is 13.3 Å². The number of carboxylic acids is 1. The molecule has 0 spiro atoms. The molecule has 0 saturated heterocycles. The number of hydrogen-bond acceptors (Lipinski definition) is 3. The molecule has 1 aromatic heterocycles. The molecule has 0 aliphatic heterocycles. The summed E-state index contributed by atoms with van der Waals surface area (Å²) in [6.45, 7) is 2.27. The maximum absolute atomic E-state index is 11.5. The van der Waals surface area contributed by atoms with E-state index in [4.69, 9.17) is 5.11 Å². The van der Waals surface area contributed by atoms with Crippen LogP contribution in [-0.2, 0) is 18.3 Å². The SMILES string of the molecule is CC(CCC(=O)O)NC(=O)NCCc1nccn1C. The standard InChI is InChI=1S/C12H20N4O3/c1-9(3-4-11(17)18)15-12(19)14-6-5-10-13-7-8-16(10)2/h7-9H,3-6H2,1-2H3,(H,17,18)(H2,14,15,19). The number of aryl methyl sites for hydroxylation is 1. The van der Waals surface area contributed by atoms with Crippen molar-refractivity contribution < 1.29 is 14.7 Å². The van der Waals surface area contributed by atoms with Crippen LogP contribution in [0.3, 0.4) is 0 Å². The summed E-state index contributed by atoms with van der Waals surface area (Å²) >= 11 is 0. The quantitative estimate of drug-likeness (QED) is 0.671. The lowest BCUT2D eigenvalue weighted by Crippen LogP contribution is -2.41. The molecule has 0 saturated carbocycles. The first kappa shape index (κ1) is 15.0. The number of carbonyl (C=O) groups excluding carboxylic acids is 1. The smallest absolute Gasteiger partial charge is 0.315 e. The third-order valence-corrected chi connectivity index (χ3v) is 2.72. The lowest BCUT2D eigenvalue weighted by atomic mass is 10.2. The number of carbonyl (C=O) groups is 2. The van der Waals surface area contributed by atoms with E-state index in [-0.39, 0.29) is 18.5 Å². The van der Waals surface area contributed by atoms with Crippen molar-refractivity contribution in [1.82, 2.24) is 20.2 Å². The van der Waals surface area contributed by atoms with E-state index in [0.717, 1.165) is 5.82 Å². The zero-order valence-electron chi connectivity index (χ0n) is 11.2. The van der Waals surface area contributed by atoms with Crippen LogP contribution in [0.4, 0.5) is 4.79 Å². The zero-order chi connectivity index (χ0) is 14.3. The van der Waals surface area contributed by atoms with Gasteiger partial charge in [0.15, 0.2) is 0 Å². The second kappa shape index (κ2) is 7.40. The normalized spacial score (nSPS) is 11.9. The number of nitrogens with zero attached hydrogens (tertiary/aromatic N) is 2. The largest absolute Gasteiger partial charge is 0.481 e. The van der Waals surface area contributed by atoms with Gasteiger partial charge in [-0.1, -0.05) is 0 Å². The molecule has 1 aromatic rings. The molecule has 19 heavy (non-hydrogen) atoms. The van der Waals surface area contributed by atoms with Crippen LogP contribution in [-0.4, -0.2) is 39.2 Å². The van der Waals surface area contributed by atoms with Gasteiger partial charge in [0.2, 0.25) is 0 Å². The van der Waals surface area contributed by atoms with Gasteiger partial charge in [0.25, 0.3) is 0 Å². The number of amides is 2. The van der Waals surface area contributed by atoms with Crippen molar-refractivity contribution >= 4 is 12.0 Å². The summed E-state index contributed by atoms with van der Waals surface area (Å²) in [5, 5.41) is 13.9. The summed E-state index contributed by atoms with van der Waals surface area (Å²) < 4.78 is 1.90. The third-order valence-electron chi connectivity index (χ3n) is 2.72. The molecule has 1 unspecified atom stereocenters. The first-order valence-corrected chi connectivity index (χ1v) is 6.21. The van der Waals surface area contributed by atoms with E-state index in [1.807, 2.05) is 17.8 Å². The lowest BCUT2D eigenvalue weighted by Gasteiger charge is -2.13. The van der Waals surface area contributed by atoms with E-state index in [0.29, 0.717) is 19.4 Å². The fraction of sp³-hybridized carbons (Fsp3) is 0.583. The summed E-state index contributed by atoms with van der Waals surface area (Å²) in [7, 11) is 1.90. The van der Waals surface area contributed by atoms with Gasteiger partial charge in [-0.3, -0.25) is 4.79 Å². The Kier molecular flexibility index (Phi) is 5.84. The summed E-state index contributed by atoms with van der Waals surface area (Å²) in [5.41, 5.74) is 0. The van der Waals surface area contributed by atoms with Crippen molar-refractivity contribution in [3.63, 3.8) is 0 Å². The minimum atomic E-state index is -0.858. The van der Waals surface area contributed by atoms with Crippen molar-refractivity contribution in [3.05, 3.63) is 18.2 Å². The molecular formula is C12H20N4O3. The minimum Gasteiger partial charge on any atom is -0.481 e. The summed E-state index contributed by atoms with van der Waals surface area (Å²) in [5.74, 6) is 0.0445. The van der Waals surface area contributed by atoms with Crippen LogP contribution in [0.25, 0.3) is 0 Å². The Morgan fingerprint density at radius 1 is 1.53 bits per heavy atom. The molecule has 1 rings (SSSR count). The number of aromatic nitrogens is 2. The predicted molar refractivity (Wildman–Crippen MR) is 69.8 cm³/mol. The van der Waals surface area contributed by atoms with E-state index in [1.54, 1.807) is 13.1 Å². The van der Waals surface area contributed by atoms with Gasteiger partial charge >= 0.3 is 12.0 Å². The zero-order valence-corrected chi connectivity index (χ0v) is 11.2. The Bertz CT molecular complexity index is 430. The van der Waals surface area contributed by atoms with Crippen LogP contribution in [0, 0.1) is 0 Å². The monoisotopic (exact) mass is 268 g/mol. The topological polar surface area (TPSA) is 96.2 Å². The van der Waals surface area contributed by atoms with Crippen LogP contribution in [0.2, 0.25) is 0 Å². The molecule has 0 aromatic carbocycles. The second-order valence-corrected chi connectivity index (χ2v) is 4.44. The average molecular weight is 268 g/mol. The van der Waals surface area contributed by atoms with E-state index in [9.17, 15) is 9.59 Å². The van der Waals surface area contributed by atoms with Crippen molar-refractivity contribution in [1.29, 1.82) is 0 Å². The number of hydrogen-bond donors (Lipinski definition) is 3. The highest BCUT2D eigenvalue weighted by atomic mass is 16.4. The Labute approximate surface area is 112 Å². The molecule has 0 fully saturated rings. The summed E-state index contributed by atoms with van der Waals surface area (Å²) in [4.78, 5) is 26.1. The second-order valence-electron chi connectivity index (χ2n) is 4.44. The molecule has 0 radical (unpaired) electrons. The maximum Gasteiger partial charge on any atom is 0.315 e. The minimum absolute atomic E-state index is 0.0503. The number of aliphatic carboxylic acids is 1. The van der Waals surface area contributed by atoms with Crippen LogP contribution in [0.1, 0.15) is 25.6 Å². The van der Waals surface area contributed by atoms with Gasteiger partial charge in [0.1, 0.15) is 5.82 Å². The van der Waals surface area contributed by atoms with Gasteiger partial charge < -0.3 is 20.3 Å². The molecule has 2 amide bonds. The Hall–Kier alpha value is -2.05. The average Bonchev–Trinajstić information content (AvgIpc) is 2.72. The molecule has 106 valence electrons. The summed E-state index contributed by atoms with van der Waals surface area (Å²) in [6, 6.07) is -0.448. The van der Waals surface area contributed by atoms with Gasteiger partial charge in [0.05, 0.1) is 0 Å². The first-order chi connectivity index (χ1) is 8.99. The molecule has 0 bridgehead atoms. The third kappa shape index (κ3) is 5.89. The fourth-order valence-corrected chi connectivity index (χ4v) is 1.61. The van der Waals surface area contributed by atoms with Crippen molar-refractivity contribution in [2.24, 2.45) is 7.05 Å². The number of rotatable bonds is 7. The number of imidazole rings is 1. The molecule has 0 aliphatic carbocycles. The molecular weight excluding hydrogens is 248 g/mol. The Balaban J connectivity index is 2.17. The van der Waals surface area contributed by atoms with Crippen molar-refractivity contribution in [2.75, 3.05) is 6.54 Å². The van der Waals surface area contributed by atoms with Crippen LogP contribution in [0.15, 0.2) is 12.4 Å². The van der Waals surface area contributed by atoms with E-state index in [1.165, 1.54) is 0 Å². The lowest BCUT2D eigenvalue weighted by molar-refractivity contribution is -0.137. The van der Waals surface area contributed by atoms with Crippen LogP contribution < -0.4 is 10.6 Å². The summed E-state index contributed by atoms with van der Waals surface area (Å²) in [6.07, 6.45) is 4.68. The van der Waals surface area contributed by atoms with E-state index >= 15 is 0 Å². The van der Waals surface area contributed by atoms with Crippen molar-refractivity contribution in [3.8, 4) is 0 Å². The molecule has 7 nitrogen and oxygen atoms in total. The Morgan fingerprint density at radius 3 is 2.84 bits per heavy atom. The molecule has 0 aliphatic rings. The van der Waals surface area contributed by atoms with E-state index in [2.05, 4.69) is 15.6 Å². The highest BCUT2D eigenvalue weighted by molar-refractivity contribution is 5.74. The number of carboxylic acid groups (broad SMARTS) is 1. The van der Waals surface area contributed by atoms with Crippen LogP contribution >= 0.6 is 0 Å². The molecule has 3 N–H and O–H groups in total. The molecule has 7 heteroatoms. The fourth-order valence-electron chi connectivity index (χ4n) is 1.61. The van der Waals surface area contributed by atoms with E-state index < -0.39 is 5.97 Å². The molecule has 1 atom stereocenters. The van der Waals surface area contributed by atoms with Gasteiger partial charge in [-0.2, -0.15) is 0 Å². The van der Waals surface area contributed by atoms with Gasteiger partial charge in [-0.25, -0.2) is 9.78 Å². The van der Waals surface area contributed by atoms with Gasteiger partial charge in [0, 0.05) is 44.9 Å². The van der Waals surface area contributed by atoms with Crippen molar-refractivity contribution in [2.45, 2.75) is 32.2 Å². The van der Waals surface area contributed by atoms with Gasteiger partial charge in [-0.15, -0.1) is 0 Å². The maximum atomic E-state index is 11.5.